The lowest BCUT2D eigenvalue weighted by Crippen LogP contribution is -2.59. The van der Waals surface area contributed by atoms with Crippen molar-refractivity contribution in [1.29, 1.82) is 0 Å². The van der Waals surface area contributed by atoms with Crippen molar-refractivity contribution in [3.8, 4) is 0 Å². The summed E-state index contributed by atoms with van der Waals surface area (Å²) in [4.78, 5) is 0. The zero-order valence-electron chi connectivity index (χ0n) is 14.2. The smallest absolute Gasteiger partial charge is 0.164 e. The number of fused-ring (bicyclic) bond motifs is 2. The van der Waals surface area contributed by atoms with E-state index >= 15 is 0 Å². The Balaban J connectivity index is 1.91. The molecule has 3 nitrogen and oxygen atoms in total. The van der Waals surface area contributed by atoms with Gasteiger partial charge >= 0.3 is 0 Å². The van der Waals surface area contributed by atoms with Gasteiger partial charge in [0, 0.05) is 17.2 Å². The fraction of sp³-hybridized carbons (Fsp3) is 0.889. The first-order valence-electron chi connectivity index (χ1n) is 8.46. The quantitative estimate of drug-likeness (QED) is 0.540. The van der Waals surface area contributed by atoms with Gasteiger partial charge in [-0.1, -0.05) is 20.8 Å². The minimum absolute atomic E-state index is 0.0136. The summed E-state index contributed by atoms with van der Waals surface area (Å²) in [6, 6.07) is 0. The summed E-state index contributed by atoms with van der Waals surface area (Å²) in [7, 11) is 0. The molecule has 0 N–H and O–H groups in total. The standard InChI is InChI=1S/C18H27ClO3/c1-16(2)7-6-12-18(5)11(9-20-12)10(8-19)13-14(15(16)18)22-17(3,4)21-13/h12-15H,6-9H2,1-5H3/t12-,13-,14-,15-,18-/m0/s1. The average molecular weight is 327 g/mol. The highest BCUT2D eigenvalue weighted by Gasteiger charge is 2.66. The lowest BCUT2D eigenvalue weighted by molar-refractivity contribution is -0.171. The van der Waals surface area contributed by atoms with E-state index in [1.807, 2.05) is 13.8 Å². The summed E-state index contributed by atoms with van der Waals surface area (Å²) < 4.78 is 18.9. The number of hydrogen-bond acceptors (Lipinski definition) is 3. The molecule has 22 heavy (non-hydrogen) atoms. The van der Waals surface area contributed by atoms with Crippen LogP contribution in [0, 0.1) is 16.7 Å². The van der Waals surface area contributed by atoms with Crippen LogP contribution in [0.15, 0.2) is 11.1 Å². The minimum atomic E-state index is -0.536. The average Bonchev–Trinajstić information content (AvgIpc) is 2.88. The van der Waals surface area contributed by atoms with Gasteiger partial charge in [-0.2, -0.15) is 0 Å². The van der Waals surface area contributed by atoms with Gasteiger partial charge in [0.15, 0.2) is 5.79 Å². The zero-order valence-corrected chi connectivity index (χ0v) is 15.0. The predicted molar refractivity (Wildman–Crippen MR) is 85.9 cm³/mol. The first-order chi connectivity index (χ1) is 10.2. The molecule has 0 aromatic carbocycles. The molecular formula is C18H27ClO3. The molecule has 4 rings (SSSR count). The summed E-state index contributed by atoms with van der Waals surface area (Å²) in [6.07, 6.45) is 2.67. The Labute approximate surface area is 138 Å². The highest BCUT2D eigenvalue weighted by Crippen LogP contribution is 2.65. The lowest BCUT2D eigenvalue weighted by Gasteiger charge is -2.57. The van der Waals surface area contributed by atoms with Crippen LogP contribution in [-0.2, 0) is 14.2 Å². The third kappa shape index (κ3) is 1.80. The van der Waals surface area contributed by atoms with E-state index in [1.54, 1.807) is 0 Å². The minimum Gasteiger partial charge on any atom is -0.373 e. The van der Waals surface area contributed by atoms with Crippen molar-refractivity contribution < 1.29 is 14.2 Å². The summed E-state index contributed by atoms with van der Waals surface area (Å²) in [5, 5.41) is 0. The van der Waals surface area contributed by atoms with Crippen LogP contribution < -0.4 is 0 Å². The molecule has 3 fully saturated rings. The van der Waals surface area contributed by atoms with Gasteiger partial charge in [-0.25, -0.2) is 0 Å². The van der Waals surface area contributed by atoms with Crippen LogP contribution in [0.2, 0.25) is 0 Å². The Morgan fingerprint density at radius 3 is 2.55 bits per heavy atom. The van der Waals surface area contributed by atoms with Crippen LogP contribution >= 0.6 is 11.6 Å². The van der Waals surface area contributed by atoms with Gasteiger partial charge in [0.05, 0.1) is 18.8 Å². The van der Waals surface area contributed by atoms with Crippen LogP contribution in [0.1, 0.15) is 47.5 Å². The molecule has 0 aromatic rings. The number of rotatable bonds is 1. The Bertz CT molecular complexity index is 538. The van der Waals surface area contributed by atoms with Crippen molar-refractivity contribution in [2.24, 2.45) is 16.7 Å². The van der Waals surface area contributed by atoms with Crippen LogP contribution in [0.3, 0.4) is 0 Å². The lowest BCUT2D eigenvalue weighted by atomic mass is 9.49. The monoisotopic (exact) mass is 326 g/mol. The molecule has 0 aromatic heterocycles. The van der Waals surface area contributed by atoms with E-state index in [1.165, 1.54) is 17.6 Å². The van der Waals surface area contributed by atoms with E-state index in [4.69, 9.17) is 25.8 Å². The molecule has 5 atom stereocenters. The second-order valence-corrected chi connectivity index (χ2v) is 9.01. The molecule has 4 aliphatic rings. The van der Waals surface area contributed by atoms with Gasteiger partial charge in [0.1, 0.15) is 6.10 Å². The molecule has 2 aliphatic carbocycles. The van der Waals surface area contributed by atoms with Crippen LogP contribution in [0.25, 0.3) is 0 Å². The molecule has 2 saturated heterocycles. The van der Waals surface area contributed by atoms with Crippen LogP contribution in [0.5, 0.6) is 0 Å². The van der Waals surface area contributed by atoms with E-state index < -0.39 is 5.79 Å². The van der Waals surface area contributed by atoms with E-state index in [-0.39, 0.29) is 23.0 Å². The van der Waals surface area contributed by atoms with Gasteiger partial charge in [-0.15, -0.1) is 11.6 Å². The summed E-state index contributed by atoms with van der Waals surface area (Å²) >= 11 is 6.35. The maximum absolute atomic E-state index is 6.41. The summed E-state index contributed by atoms with van der Waals surface area (Å²) in [5.74, 6) is 0.385. The molecule has 2 heterocycles. The van der Waals surface area contributed by atoms with Gasteiger partial charge < -0.3 is 14.2 Å². The van der Waals surface area contributed by atoms with E-state index in [9.17, 15) is 0 Å². The van der Waals surface area contributed by atoms with Crippen molar-refractivity contribution in [3.05, 3.63) is 11.1 Å². The van der Waals surface area contributed by atoms with Crippen molar-refractivity contribution in [1.82, 2.24) is 0 Å². The molecule has 0 bridgehead atoms. The number of hydrogen-bond donors (Lipinski definition) is 0. The topological polar surface area (TPSA) is 27.7 Å². The third-order valence-corrected chi connectivity index (χ3v) is 6.91. The first-order valence-corrected chi connectivity index (χ1v) is 9.00. The van der Waals surface area contributed by atoms with Crippen molar-refractivity contribution in [2.45, 2.75) is 71.6 Å². The van der Waals surface area contributed by atoms with Gasteiger partial charge in [-0.3, -0.25) is 0 Å². The molecule has 0 radical (unpaired) electrons. The fourth-order valence-corrected chi connectivity index (χ4v) is 6.12. The molecular weight excluding hydrogens is 300 g/mol. The second-order valence-electron chi connectivity index (χ2n) is 8.75. The molecule has 4 heteroatoms. The molecule has 0 unspecified atom stereocenters. The van der Waals surface area contributed by atoms with Gasteiger partial charge in [-0.05, 0) is 43.3 Å². The number of ether oxygens (including phenoxy) is 3. The Hall–Kier alpha value is -0.0900. The van der Waals surface area contributed by atoms with E-state index in [0.29, 0.717) is 24.5 Å². The van der Waals surface area contributed by atoms with Gasteiger partial charge in [0.25, 0.3) is 0 Å². The molecule has 124 valence electrons. The molecule has 0 amide bonds. The van der Waals surface area contributed by atoms with Crippen LogP contribution in [-0.4, -0.2) is 36.6 Å². The summed E-state index contributed by atoms with van der Waals surface area (Å²) in [5.41, 5.74) is 2.87. The SMILES string of the molecule is CC1(C)O[C@H]2[C@@H](O1)C(CCl)=C1CO[C@H]3CCC(C)(C)[C@H]2[C@@]13C. The zero-order chi connectivity index (χ0) is 15.9. The first kappa shape index (κ1) is 15.4. The normalized spacial score (nSPS) is 48.3. The highest BCUT2D eigenvalue weighted by atomic mass is 35.5. The molecule has 2 aliphatic heterocycles. The fourth-order valence-electron chi connectivity index (χ4n) is 5.80. The van der Waals surface area contributed by atoms with Crippen molar-refractivity contribution >= 4 is 11.6 Å². The summed E-state index contributed by atoms with van der Waals surface area (Å²) in [6.45, 7) is 11.9. The number of alkyl halides is 1. The maximum atomic E-state index is 6.41. The molecule has 1 saturated carbocycles. The maximum Gasteiger partial charge on any atom is 0.164 e. The second kappa shape index (κ2) is 4.50. The van der Waals surface area contributed by atoms with Crippen LogP contribution in [0.4, 0.5) is 0 Å². The Kier molecular flexibility index (Phi) is 3.16. The number of halogens is 1. The Morgan fingerprint density at radius 2 is 1.86 bits per heavy atom. The Morgan fingerprint density at radius 1 is 1.14 bits per heavy atom. The largest absolute Gasteiger partial charge is 0.373 e. The third-order valence-electron chi connectivity index (χ3n) is 6.62. The van der Waals surface area contributed by atoms with E-state index in [0.717, 1.165) is 6.42 Å². The predicted octanol–water partition coefficient (Wildman–Crippen LogP) is 3.90. The van der Waals surface area contributed by atoms with Crippen molar-refractivity contribution in [3.63, 3.8) is 0 Å². The van der Waals surface area contributed by atoms with Gasteiger partial charge in [0.2, 0.25) is 0 Å². The highest BCUT2D eigenvalue weighted by molar-refractivity contribution is 6.19. The van der Waals surface area contributed by atoms with Crippen molar-refractivity contribution in [2.75, 3.05) is 12.5 Å². The van der Waals surface area contributed by atoms with E-state index in [2.05, 4.69) is 20.8 Å². The molecule has 0 spiro atoms.